The predicted molar refractivity (Wildman–Crippen MR) is 80.9 cm³/mol. The van der Waals surface area contributed by atoms with E-state index >= 15 is 0 Å². The Kier molecular flexibility index (Phi) is 3.41. The van der Waals surface area contributed by atoms with Crippen molar-refractivity contribution >= 4 is 26.6 Å². The summed E-state index contributed by atoms with van der Waals surface area (Å²) in [5.74, 6) is 0.0562. The Morgan fingerprint density at radius 2 is 2.05 bits per heavy atom. The van der Waals surface area contributed by atoms with Crippen LogP contribution in [0.25, 0.3) is 10.9 Å². The SMILES string of the molecule is CN(C(=O)c1ccnc2ccccc12)C1CCS(=O)(=O)C1. The maximum Gasteiger partial charge on any atom is 0.254 e. The van der Waals surface area contributed by atoms with Crippen LogP contribution in [0.1, 0.15) is 16.8 Å². The normalized spacial score (nSPS) is 20.5. The van der Waals surface area contributed by atoms with E-state index in [0.717, 1.165) is 10.9 Å². The third-order valence-corrected chi connectivity index (χ3v) is 5.71. The van der Waals surface area contributed by atoms with E-state index < -0.39 is 9.84 Å². The lowest BCUT2D eigenvalue weighted by atomic mass is 10.1. The number of pyridine rings is 1. The highest BCUT2D eigenvalue weighted by Gasteiger charge is 2.33. The summed E-state index contributed by atoms with van der Waals surface area (Å²) in [6, 6.07) is 8.89. The third kappa shape index (κ3) is 2.63. The summed E-state index contributed by atoms with van der Waals surface area (Å²) in [5.41, 5.74) is 1.32. The van der Waals surface area contributed by atoms with Gasteiger partial charge in [-0.3, -0.25) is 9.78 Å². The highest BCUT2D eigenvalue weighted by molar-refractivity contribution is 7.91. The fourth-order valence-corrected chi connectivity index (χ4v) is 4.49. The fourth-order valence-electron chi connectivity index (χ4n) is 2.72. The minimum absolute atomic E-state index is 0.0538. The minimum Gasteiger partial charge on any atom is -0.338 e. The van der Waals surface area contributed by atoms with Gasteiger partial charge in [-0.05, 0) is 18.6 Å². The van der Waals surface area contributed by atoms with Crippen LogP contribution in [0.3, 0.4) is 0 Å². The molecule has 0 saturated carbocycles. The number of sulfone groups is 1. The number of para-hydroxylation sites is 1. The second-order valence-electron chi connectivity index (χ2n) is 5.35. The Morgan fingerprint density at radius 3 is 2.76 bits per heavy atom. The van der Waals surface area contributed by atoms with Crippen molar-refractivity contribution < 1.29 is 13.2 Å². The molecule has 0 radical (unpaired) electrons. The summed E-state index contributed by atoms with van der Waals surface area (Å²) in [7, 11) is -1.34. The lowest BCUT2D eigenvalue weighted by Gasteiger charge is -2.24. The lowest BCUT2D eigenvalue weighted by Crippen LogP contribution is -2.37. The van der Waals surface area contributed by atoms with Gasteiger partial charge in [-0.25, -0.2) is 8.42 Å². The fraction of sp³-hybridized carbons (Fsp3) is 0.333. The molecule has 1 aromatic carbocycles. The van der Waals surface area contributed by atoms with Crippen molar-refractivity contribution in [2.75, 3.05) is 18.6 Å². The van der Waals surface area contributed by atoms with Crippen molar-refractivity contribution in [1.29, 1.82) is 0 Å². The zero-order valence-electron chi connectivity index (χ0n) is 11.7. The summed E-state index contributed by atoms with van der Waals surface area (Å²) in [6.07, 6.45) is 2.11. The molecule has 1 fully saturated rings. The molecule has 2 aromatic rings. The summed E-state index contributed by atoms with van der Waals surface area (Å²) < 4.78 is 23.1. The Labute approximate surface area is 123 Å². The molecule has 0 bridgehead atoms. The molecule has 2 heterocycles. The van der Waals surface area contributed by atoms with Gasteiger partial charge >= 0.3 is 0 Å². The van der Waals surface area contributed by atoms with Gasteiger partial charge in [0.2, 0.25) is 0 Å². The second-order valence-corrected chi connectivity index (χ2v) is 7.58. The van der Waals surface area contributed by atoms with Gasteiger partial charge in [0.25, 0.3) is 5.91 Å². The Bertz CT molecular complexity index is 796. The van der Waals surface area contributed by atoms with E-state index in [1.807, 2.05) is 24.3 Å². The molecule has 1 aromatic heterocycles. The van der Waals surface area contributed by atoms with E-state index in [0.29, 0.717) is 12.0 Å². The monoisotopic (exact) mass is 304 g/mol. The van der Waals surface area contributed by atoms with Crippen LogP contribution in [0.2, 0.25) is 0 Å². The van der Waals surface area contributed by atoms with Gasteiger partial charge in [0.15, 0.2) is 9.84 Å². The summed E-state index contributed by atoms with van der Waals surface area (Å²) in [5, 5.41) is 0.790. The number of amides is 1. The molecule has 1 unspecified atom stereocenters. The number of carbonyl (C=O) groups is 1. The molecule has 1 saturated heterocycles. The molecule has 5 nitrogen and oxygen atoms in total. The Balaban J connectivity index is 1.94. The first-order chi connectivity index (χ1) is 9.98. The number of aromatic nitrogens is 1. The van der Waals surface area contributed by atoms with Crippen LogP contribution >= 0.6 is 0 Å². The predicted octanol–water partition coefficient (Wildman–Crippen LogP) is 1.49. The number of hydrogen-bond acceptors (Lipinski definition) is 4. The van der Waals surface area contributed by atoms with Crippen LogP contribution in [-0.2, 0) is 9.84 Å². The molecular weight excluding hydrogens is 288 g/mol. The third-order valence-electron chi connectivity index (χ3n) is 3.96. The minimum atomic E-state index is -3.00. The standard InChI is InChI=1S/C15H16N2O3S/c1-17(11-7-9-21(19,20)10-11)15(18)13-6-8-16-14-5-3-2-4-12(13)14/h2-6,8,11H,7,9-10H2,1H3. The van der Waals surface area contributed by atoms with E-state index in [1.54, 1.807) is 24.2 Å². The van der Waals surface area contributed by atoms with Crippen LogP contribution in [0.15, 0.2) is 36.5 Å². The maximum atomic E-state index is 12.7. The zero-order valence-corrected chi connectivity index (χ0v) is 12.5. The van der Waals surface area contributed by atoms with E-state index in [1.165, 1.54) is 0 Å². The molecule has 1 atom stereocenters. The van der Waals surface area contributed by atoms with E-state index in [-0.39, 0.29) is 23.5 Å². The highest BCUT2D eigenvalue weighted by atomic mass is 32.2. The van der Waals surface area contributed by atoms with Gasteiger partial charge in [-0.15, -0.1) is 0 Å². The first-order valence-electron chi connectivity index (χ1n) is 6.79. The van der Waals surface area contributed by atoms with E-state index in [2.05, 4.69) is 4.98 Å². The highest BCUT2D eigenvalue weighted by Crippen LogP contribution is 2.22. The second kappa shape index (κ2) is 5.11. The largest absolute Gasteiger partial charge is 0.338 e. The quantitative estimate of drug-likeness (QED) is 0.843. The van der Waals surface area contributed by atoms with Crippen molar-refractivity contribution in [3.63, 3.8) is 0 Å². The average molecular weight is 304 g/mol. The van der Waals surface area contributed by atoms with Crippen molar-refractivity contribution in [3.05, 3.63) is 42.1 Å². The van der Waals surface area contributed by atoms with Crippen LogP contribution < -0.4 is 0 Å². The molecule has 21 heavy (non-hydrogen) atoms. The van der Waals surface area contributed by atoms with Gasteiger partial charge in [0, 0.05) is 24.7 Å². The van der Waals surface area contributed by atoms with Gasteiger partial charge in [-0.1, -0.05) is 18.2 Å². The number of hydrogen-bond donors (Lipinski definition) is 0. The van der Waals surface area contributed by atoms with Crippen molar-refractivity contribution in [1.82, 2.24) is 9.88 Å². The molecule has 6 heteroatoms. The van der Waals surface area contributed by atoms with Crippen molar-refractivity contribution in [2.24, 2.45) is 0 Å². The van der Waals surface area contributed by atoms with Gasteiger partial charge in [-0.2, -0.15) is 0 Å². The number of fused-ring (bicyclic) bond motifs is 1. The molecular formula is C15H16N2O3S. The molecule has 1 aliphatic rings. The molecule has 1 aliphatic heterocycles. The number of rotatable bonds is 2. The van der Waals surface area contributed by atoms with Gasteiger partial charge < -0.3 is 4.90 Å². The lowest BCUT2D eigenvalue weighted by molar-refractivity contribution is 0.0749. The molecule has 3 rings (SSSR count). The Morgan fingerprint density at radius 1 is 1.29 bits per heavy atom. The summed E-state index contributed by atoms with van der Waals surface area (Å²) >= 11 is 0. The molecule has 0 aliphatic carbocycles. The van der Waals surface area contributed by atoms with Gasteiger partial charge in [0.1, 0.15) is 0 Å². The average Bonchev–Trinajstić information content (AvgIpc) is 2.85. The summed E-state index contributed by atoms with van der Waals surface area (Å²) in [4.78, 5) is 18.4. The smallest absolute Gasteiger partial charge is 0.254 e. The number of carbonyl (C=O) groups excluding carboxylic acids is 1. The topological polar surface area (TPSA) is 67.3 Å². The van der Waals surface area contributed by atoms with Crippen LogP contribution in [-0.4, -0.2) is 48.8 Å². The first kappa shape index (κ1) is 14.0. The maximum absolute atomic E-state index is 12.7. The molecule has 0 N–H and O–H groups in total. The number of nitrogens with zero attached hydrogens (tertiary/aromatic N) is 2. The van der Waals surface area contributed by atoms with Crippen LogP contribution in [0.4, 0.5) is 0 Å². The zero-order chi connectivity index (χ0) is 15.0. The molecule has 110 valence electrons. The van der Waals surface area contributed by atoms with Crippen molar-refractivity contribution in [3.8, 4) is 0 Å². The van der Waals surface area contributed by atoms with E-state index in [9.17, 15) is 13.2 Å². The van der Waals surface area contributed by atoms with Crippen LogP contribution in [0.5, 0.6) is 0 Å². The van der Waals surface area contributed by atoms with Crippen LogP contribution in [0, 0.1) is 0 Å². The molecule has 0 spiro atoms. The van der Waals surface area contributed by atoms with Gasteiger partial charge in [0.05, 0.1) is 22.6 Å². The van der Waals surface area contributed by atoms with Crippen molar-refractivity contribution in [2.45, 2.75) is 12.5 Å². The molecule has 1 amide bonds. The summed E-state index contributed by atoms with van der Waals surface area (Å²) in [6.45, 7) is 0. The first-order valence-corrected chi connectivity index (χ1v) is 8.61. The number of benzene rings is 1. The van der Waals surface area contributed by atoms with E-state index in [4.69, 9.17) is 0 Å². The Hall–Kier alpha value is -1.95.